The summed E-state index contributed by atoms with van der Waals surface area (Å²) in [6, 6.07) is 0.0821. The molecule has 5 heteroatoms. The first kappa shape index (κ1) is 16.7. The van der Waals surface area contributed by atoms with E-state index < -0.39 is 0 Å². The van der Waals surface area contributed by atoms with Gasteiger partial charge in [0, 0.05) is 33.1 Å². The van der Waals surface area contributed by atoms with Gasteiger partial charge < -0.3 is 14.4 Å². The first-order chi connectivity index (χ1) is 8.17. The van der Waals surface area contributed by atoms with Crippen LogP contribution in [0.2, 0.25) is 0 Å². The van der Waals surface area contributed by atoms with E-state index in [0.29, 0.717) is 32.1 Å². The summed E-state index contributed by atoms with van der Waals surface area (Å²) in [5.74, 6) is 0.760. The van der Waals surface area contributed by atoms with Gasteiger partial charge in [0.1, 0.15) is 0 Å². The van der Waals surface area contributed by atoms with Crippen molar-refractivity contribution in [1.82, 2.24) is 4.90 Å². The van der Waals surface area contributed by atoms with Crippen LogP contribution in [0.4, 0.5) is 0 Å². The number of amides is 1. The monoisotopic (exact) mass is 265 g/mol. The Labute approximate surface area is 109 Å². The van der Waals surface area contributed by atoms with Gasteiger partial charge in [0.05, 0.1) is 19.3 Å². The Morgan fingerprint density at radius 1 is 1.29 bits per heavy atom. The Morgan fingerprint density at radius 2 is 2.00 bits per heavy atom. The molecule has 0 aromatic carbocycles. The fraction of sp³-hybridized carbons (Fsp3) is 0.917. The molecule has 0 aliphatic carbocycles. The summed E-state index contributed by atoms with van der Waals surface area (Å²) < 4.78 is 10.1. The van der Waals surface area contributed by atoms with Crippen molar-refractivity contribution in [3.63, 3.8) is 0 Å². The van der Waals surface area contributed by atoms with Gasteiger partial charge in [0.2, 0.25) is 5.91 Å². The van der Waals surface area contributed by atoms with Crippen molar-refractivity contribution >= 4 is 17.5 Å². The van der Waals surface area contributed by atoms with E-state index in [9.17, 15) is 4.79 Å². The number of nitrogens with zero attached hydrogens (tertiary/aromatic N) is 1. The molecule has 0 aromatic rings. The lowest BCUT2D eigenvalue weighted by Gasteiger charge is -2.28. The number of carbonyl (C=O) groups is 1. The number of rotatable bonds is 10. The zero-order chi connectivity index (χ0) is 13.1. The molecule has 0 aromatic heterocycles. The zero-order valence-electron chi connectivity index (χ0n) is 11.1. The summed E-state index contributed by atoms with van der Waals surface area (Å²) in [6.45, 7) is 3.69. The maximum atomic E-state index is 12.0. The van der Waals surface area contributed by atoms with Gasteiger partial charge in [-0.05, 0) is 19.8 Å². The van der Waals surface area contributed by atoms with E-state index in [4.69, 9.17) is 21.1 Å². The number of halogens is 1. The van der Waals surface area contributed by atoms with Crippen LogP contribution in [-0.2, 0) is 14.3 Å². The number of hydrogen-bond donors (Lipinski definition) is 0. The SMILES string of the molecule is COCCN(C(=O)CCCCCl)C(C)COC. The maximum Gasteiger partial charge on any atom is 0.222 e. The minimum Gasteiger partial charge on any atom is -0.383 e. The average Bonchev–Trinajstić information content (AvgIpc) is 2.30. The normalized spacial score (nSPS) is 12.5. The van der Waals surface area contributed by atoms with E-state index in [1.54, 1.807) is 14.2 Å². The molecule has 0 aliphatic rings. The van der Waals surface area contributed by atoms with E-state index in [1.807, 2.05) is 11.8 Å². The molecule has 0 radical (unpaired) electrons. The highest BCUT2D eigenvalue weighted by Crippen LogP contribution is 2.07. The van der Waals surface area contributed by atoms with Crippen molar-refractivity contribution in [2.24, 2.45) is 0 Å². The number of ether oxygens (including phenoxy) is 2. The topological polar surface area (TPSA) is 38.8 Å². The molecular formula is C12H24ClNO3. The Hall–Kier alpha value is -0.320. The van der Waals surface area contributed by atoms with E-state index >= 15 is 0 Å². The number of unbranched alkanes of at least 4 members (excludes halogenated alkanes) is 1. The third-order valence-electron chi connectivity index (χ3n) is 2.57. The van der Waals surface area contributed by atoms with Gasteiger partial charge in [0.15, 0.2) is 0 Å². The highest BCUT2D eigenvalue weighted by atomic mass is 35.5. The van der Waals surface area contributed by atoms with E-state index in [2.05, 4.69) is 0 Å². The van der Waals surface area contributed by atoms with Crippen LogP contribution in [0.3, 0.4) is 0 Å². The predicted molar refractivity (Wildman–Crippen MR) is 69.5 cm³/mol. The molecule has 0 aliphatic heterocycles. The number of alkyl halides is 1. The van der Waals surface area contributed by atoms with Gasteiger partial charge in [-0.15, -0.1) is 11.6 Å². The summed E-state index contributed by atoms with van der Waals surface area (Å²) in [4.78, 5) is 13.8. The minimum absolute atomic E-state index is 0.0821. The van der Waals surface area contributed by atoms with Gasteiger partial charge >= 0.3 is 0 Å². The van der Waals surface area contributed by atoms with Crippen LogP contribution in [0.1, 0.15) is 26.2 Å². The molecule has 0 spiro atoms. The number of methoxy groups -OCH3 is 2. The van der Waals surface area contributed by atoms with Gasteiger partial charge in [-0.25, -0.2) is 0 Å². The highest BCUT2D eigenvalue weighted by Gasteiger charge is 2.19. The molecule has 0 fully saturated rings. The van der Waals surface area contributed by atoms with E-state index in [1.165, 1.54) is 0 Å². The van der Waals surface area contributed by atoms with Crippen LogP contribution in [0.15, 0.2) is 0 Å². The minimum atomic E-state index is 0.0821. The first-order valence-electron chi connectivity index (χ1n) is 6.00. The maximum absolute atomic E-state index is 12.0. The second kappa shape index (κ2) is 10.8. The van der Waals surface area contributed by atoms with Crippen LogP contribution >= 0.6 is 11.6 Å². The fourth-order valence-corrected chi connectivity index (χ4v) is 1.82. The molecule has 0 N–H and O–H groups in total. The summed E-state index contributed by atoms with van der Waals surface area (Å²) >= 11 is 5.60. The second-order valence-electron chi connectivity index (χ2n) is 4.03. The predicted octanol–water partition coefficient (Wildman–Crippen LogP) is 1.91. The van der Waals surface area contributed by atoms with Gasteiger partial charge in [0.25, 0.3) is 0 Å². The standard InChI is InChI=1S/C12H24ClNO3/c1-11(10-17-3)14(8-9-16-2)12(15)6-4-5-7-13/h11H,4-10H2,1-3H3. The Kier molecular flexibility index (Phi) is 10.6. The van der Waals surface area contributed by atoms with Crippen LogP contribution in [0.5, 0.6) is 0 Å². The van der Waals surface area contributed by atoms with Gasteiger partial charge in [-0.2, -0.15) is 0 Å². The molecular weight excluding hydrogens is 242 g/mol. The van der Waals surface area contributed by atoms with Crippen molar-refractivity contribution in [2.75, 3.05) is 39.9 Å². The van der Waals surface area contributed by atoms with Crippen LogP contribution in [0, 0.1) is 0 Å². The smallest absolute Gasteiger partial charge is 0.222 e. The summed E-state index contributed by atoms with van der Waals surface area (Å²) in [5, 5.41) is 0. The molecule has 0 rings (SSSR count). The number of carbonyl (C=O) groups excluding carboxylic acids is 1. The van der Waals surface area contributed by atoms with Crippen LogP contribution < -0.4 is 0 Å². The summed E-state index contributed by atoms with van der Waals surface area (Å²) in [6.07, 6.45) is 2.26. The highest BCUT2D eigenvalue weighted by molar-refractivity contribution is 6.17. The zero-order valence-corrected chi connectivity index (χ0v) is 11.8. The Balaban J connectivity index is 4.18. The molecule has 17 heavy (non-hydrogen) atoms. The first-order valence-corrected chi connectivity index (χ1v) is 6.54. The lowest BCUT2D eigenvalue weighted by molar-refractivity contribution is -0.135. The van der Waals surface area contributed by atoms with Gasteiger partial charge in [-0.1, -0.05) is 0 Å². The lowest BCUT2D eigenvalue weighted by Crippen LogP contribution is -2.42. The molecule has 0 saturated carbocycles. The van der Waals surface area contributed by atoms with Crippen molar-refractivity contribution in [1.29, 1.82) is 0 Å². The number of hydrogen-bond acceptors (Lipinski definition) is 3. The third-order valence-corrected chi connectivity index (χ3v) is 2.84. The quantitative estimate of drug-likeness (QED) is 0.447. The average molecular weight is 266 g/mol. The lowest BCUT2D eigenvalue weighted by atomic mass is 10.2. The van der Waals surface area contributed by atoms with Crippen LogP contribution in [0.25, 0.3) is 0 Å². The second-order valence-corrected chi connectivity index (χ2v) is 4.41. The Morgan fingerprint density at radius 3 is 2.53 bits per heavy atom. The van der Waals surface area contributed by atoms with Crippen LogP contribution in [-0.4, -0.2) is 56.7 Å². The molecule has 0 bridgehead atoms. The molecule has 1 amide bonds. The van der Waals surface area contributed by atoms with Crippen molar-refractivity contribution < 1.29 is 14.3 Å². The molecule has 102 valence electrons. The molecule has 1 unspecified atom stereocenters. The van der Waals surface area contributed by atoms with E-state index in [-0.39, 0.29) is 11.9 Å². The fourth-order valence-electron chi connectivity index (χ4n) is 1.63. The summed E-state index contributed by atoms with van der Waals surface area (Å²) in [7, 11) is 3.28. The molecule has 0 heterocycles. The van der Waals surface area contributed by atoms with Crippen molar-refractivity contribution in [3.8, 4) is 0 Å². The molecule has 4 nitrogen and oxygen atoms in total. The third kappa shape index (κ3) is 7.58. The largest absolute Gasteiger partial charge is 0.383 e. The molecule has 0 saturated heterocycles. The van der Waals surface area contributed by atoms with Gasteiger partial charge in [-0.3, -0.25) is 4.79 Å². The molecule has 1 atom stereocenters. The summed E-state index contributed by atoms with van der Waals surface area (Å²) in [5.41, 5.74) is 0. The van der Waals surface area contributed by atoms with E-state index in [0.717, 1.165) is 12.8 Å². The Bertz CT molecular complexity index is 202. The van der Waals surface area contributed by atoms with Crippen molar-refractivity contribution in [2.45, 2.75) is 32.2 Å². The van der Waals surface area contributed by atoms with Crippen molar-refractivity contribution in [3.05, 3.63) is 0 Å².